The van der Waals surface area contributed by atoms with Gasteiger partial charge in [0.25, 0.3) is 5.56 Å². The van der Waals surface area contributed by atoms with E-state index in [0.717, 1.165) is 6.42 Å². The molecule has 0 aliphatic carbocycles. The number of H-pyrrole nitrogens is 2. The molecule has 0 unspecified atom stereocenters. The van der Waals surface area contributed by atoms with Gasteiger partial charge in [-0.25, -0.2) is 9.97 Å². The number of amides is 1. The minimum absolute atomic E-state index is 0.0795. The van der Waals surface area contributed by atoms with Gasteiger partial charge >= 0.3 is 0 Å². The van der Waals surface area contributed by atoms with Crippen LogP contribution in [-0.4, -0.2) is 37.6 Å². The summed E-state index contributed by atoms with van der Waals surface area (Å²) in [6.07, 6.45) is 2.29. The highest BCUT2D eigenvalue weighted by Gasteiger charge is 2.09. The van der Waals surface area contributed by atoms with E-state index in [0.29, 0.717) is 16.3 Å². The Bertz CT molecular complexity index is 635. The normalized spacial score (nSPS) is 12.5. The van der Waals surface area contributed by atoms with Crippen molar-refractivity contribution in [3.05, 3.63) is 16.7 Å². The van der Waals surface area contributed by atoms with Crippen molar-refractivity contribution in [2.75, 3.05) is 5.75 Å². The van der Waals surface area contributed by atoms with Crippen LogP contribution in [0, 0.1) is 0 Å². The molecule has 2 rings (SSSR count). The zero-order valence-electron chi connectivity index (χ0n) is 10.7. The van der Waals surface area contributed by atoms with Gasteiger partial charge in [0, 0.05) is 6.04 Å². The molecule has 7 nitrogen and oxygen atoms in total. The number of hydrogen-bond acceptors (Lipinski definition) is 5. The lowest BCUT2D eigenvalue weighted by Gasteiger charge is -2.10. The molecule has 0 saturated carbocycles. The van der Waals surface area contributed by atoms with Crippen molar-refractivity contribution >= 4 is 28.8 Å². The van der Waals surface area contributed by atoms with Gasteiger partial charge in [0.1, 0.15) is 0 Å². The van der Waals surface area contributed by atoms with Gasteiger partial charge in [0.2, 0.25) is 5.91 Å². The zero-order valence-corrected chi connectivity index (χ0v) is 11.5. The van der Waals surface area contributed by atoms with Crippen LogP contribution in [0.1, 0.15) is 20.3 Å². The number of hydrogen-bond donors (Lipinski definition) is 3. The Morgan fingerprint density at radius 3 is 3.11 bits per heavy atom. The first kappa shape index (κ1) is 13.6. The molecule has 1 atom stereocenters. The van der Waals surface area contributed by atoms with Crippen LogP contribution >= 0.6 is 11.8 Å². The predicted octanol–water partition coefficient (Wildman–Crippen LogP) is 0.653. The van der Waals surface area contributed by atoms with Gasteiger partial charge in [0.05, 0.1) is 12.1 Å². The first-order valence-corrected chi connectivity index (χ1v) is 6.94. The summed E-state index contributed by atoms with van der Waals surface area (Å²) in [6.45, 7) is 3.95. The Morgan fingerprint density at radius 2 is 2.37 bits per heavy atom. The molecule has 0 aliphatic rings. The average molecular weight is 281 g/mol. The third-order valence-corrected chi connectivity index (χ3v) is 3.51. The van der Waals surface area contributed by atoms with Gasteiger partial charge in [0.15, 0.2) is 16.3 Å². The number of aromatic nitrogens is 4. The molecule has 0 spiro atoms. The van der Waals surface area contributed by atoms with Gasteiger partial charge in [-0.05, 0) is 13.3 Å². The van der Waals surface area contributed by atoms with Crippen molar-refractivity contribution in [3.8, 4) is 0 Å². The third kappa shape index (κ3) is 3.34. The SMILES string of the molecule is CC[C@@H](C)NC(=O)CSc1nc2nc[nH]c2c(=O)[nH]1. The van der Waals surface area contributed by atoms with Crippen molar-refractivity contribution in [3.63, 3.8) is 0 Å². The Labute approximate surface area is 113 Å². The van der Waals surface area contributed by atoms with Gasteiger partial charge in [-0.15, -0.1) is 0 Å². The van der Waals surface area contributed by atoms with E-state index in [1.807, 2.05) is 13.8 Å². The molecule has 0 radical (unpaired) electrons. The monoisotopic (exact) mass is 281 g/mol. The molecule has 0 aliphatic heterocycles. The van der Waals surface area contributed by atoms with Crippen molar-refractivity contribution in [1.29, 1.82) is 0 Å². The highest BCUT2D eigenvalue weighted by atomic mass is 32.2. The molecular formula is C11H15N5O2S. The second-order valence-corrected chi connectivity index (χ2v) is 5.10. The lowest BCUT2D eigenvalue weighted by molar-refractivity contribution is -0.119. The predicted molar refractivity (Wildman–Crippen MR) is 73.1 cm³/mol. The maximum absolute atomic E-state index is 11.6. The van der Waals surface area contributed by atoms with Crippen molar-refractivity contribution in [2.45, 2.75) is 31.5 Å². The third-order valence-electron chi connectivity index (χ3n) is 2.63. The van der Waals surface area contributed by atoms with Crippen molar-refractivity contribution < 1.29 is 4.79 Å². The number of nitrogens with zero attached hydrogens (tertiary/aromatic N) is 2. The number of aromatic amines is 2. The fraction of sp³-hybridized carbons (Fsp3) is 0.455. The van der Waals surface area contributed by atoms with E-state index >= 15 is 0 Å². The summed E-state index contributed by atoms with van der Waals surface area (Å²) >= 11 is 1.18. The summed E-state index contributed by atoms with van der Waals surface area (Å²) in [5, 5.41) is 3.24. The standard InChI is InChI=1S/C11H15N5O2S/c1-3-6(2)14-7(17)4-19-11-15-9-8(10(18)16-11)12-5-13-9/h5-6H,3-4H2,1-2H3,(H,14,17)(H2,12,13,15,16,18)/t6-/m1/s1. The average Bonchev–Trinajstić information content (AvgIpc) is 2.85. The van der Waals surface area contributed by atoms with Gasteiger partial charge in [-0.1, -0.05) is 18.7 Å². The van der Waals surface area contributed by atoms with Crippen LogP contribution in [0.2, 0.25) is 0 Å². The highest BCUT2D eigenvalue weighted by Crippen LogP contribution is 2.12. The largest absolute Gasteiger partial charge is 0.353 e. The van der Waals surface area contributed by atoms with Crippen molar-refractivity contribution in [2.24, 2.45) is 0 Å². The van der Waals surface area contributed by atoms with E-state index < -0.39 is 0 Å². The minimum Gasteiger partial charge on any atom is -0.353 e. The Morgan fingerprint density at radius 1 is 1.58 bits per heavy atom. The minimum atomic E-state index is -0.285. The second-order valence-electron chi connectivity index (χ2n) is 4.14. The lowest BCUT2D eigenvalue weighted by atomic mass is 10.3. The molecule has 1 amide bonds. The fourth-order valence-corrected chi connectivity index (χ4v) is 2.11. The summed E-state index contributed by atoms with van der Waals surface area (Å²) in [4.78, 5) is 36.7. The molecule has 19 heavy (non-hydrogen) atoms. The molecule has 2 aromatic rings. The van der Waals surface area contributed by atoms with E-state index in [9.17, 15) is 9.59 Å². The quantitative estimate of drug-likeness (QED) is 0.551. The van der Waals surface area contributed by atoms with Crippen LogP contribution in [0.15, 0.2) is 16.3 Å². The van der Waals surface area contributed by atoms with Crippen LogP contribution in [0.5, 0.6) is 0 Å². The molecule has 0 saturated heterocycles. The van der Waals surface area contributed by atoms with Gasteiger partial charge < -0.3 is 10.3 Å². The Kier molecular flexibility index (Phi) is 4.20. The zero-order chi connectivity index (χ0) is 13.8. The van der Waals surface area contributed by atoms with Crippen LogP contribution in [0.3, 0.4) is 0 Å². The fourth-order valence-electron chi connectivity index (χ4n) is 1.44. The second kappa shape index (κ2) is 5.87. The van der Waals surface area contributed by atoms with E-state index in [2.05, 4.69) is 25.3 Å². The Balaban J connectivity index is 2.02. The number of carbonyl (C=O) groups excluding carboxylic acids is 1. The molecule has 8 heteroatoms. The summed E-state index contributed by atoms with van der Waals surface area (Å²) in [7, 11) is 0. The van der Waals surface area contributed by atoms with Crippen LogP contribution in [-0.2, 0) is 4.79 Å². The van der Waals surface area contributed by atoms with E-state index in [1.54, 1.807) is 0 Å². The van der Waals surface area contributed by atoms with Crippen LogP contribution < -0.4 is 10.9 Å². The van der Waals surface area contributed by atoms with Crippen LogP contribution in [0.4, 0.5) is 0 Å². The first-order chi connectivity index (χ1) is 9.10. The number of imidazole rings is 1. The highest BCUT2D eigenvalue weighted by molar-refractivity contribution is 7.99. The molecule has 0 bridgehead atoms. The number of nitrogens with one attached hydrogen (secondary N) is 3. The molecular weight excluding hydrogens is 266 g/mol. The molecule has 0 fully saturated rings. The number of carbonyl (C=O) groups is 1. The van der Waals surface area contributed by atoms with E-state index in [4.69, 9.17) is 0 Å². The number of rotatable bonds is 5. The summed E-state index contributed by atoms with van der Waals surface area (Å²) in [5.74, 6) is 0.132. The Hall–Kier alpha value is -1.83. The van der Waals surface area contributed by atoms with Gasteiger partial charge in [-0.3, -0.25) is 14.6 Å². The first-order valence-electron chi connectivity index (χ1n) is 5.95. The smallest absolute Gasteiger partial charge is 0.277 e. The molecule has 2 aromatic heterocycles. The summed E-state index contributed by atoms with van der Waals surface area (Å²) < 4.78 is 0. The van der Waals surface area contributed by atoms with E-state index in [1.165, 1.54) is 18.1 Å². The van der Waals surface area contributed by atoms with Gasteiger partial charge in [-0.2, -0.15) is 0 Å². The summed E-state index contributed by atoms with van der Waals surface area (Å²) in [5.41, 5.74) is 0.411. The topological polar surface area (TPSA) is 104 Å². The molecule has 0 aromatic carbocycles. The molecule has 2 heterocycles. The maximum Gasteiger partial charge on any atom is 0.277 e. The van der Waals surface area contributed by atoms with Crippen LogP contribution in [0.25, 0.3) is 11.2 Å². The number of fused-ring (bicyclic) bond motifs is 1. The maximum atomic E-state index is 11.6. The summed E-state index contributed by atoms with van der Waals surface area (Å²) in [6, 6.07) is 0.147. The lowest BCUT2D eigenvalue weighted by Crippen LogP contribution is -2.33. The molecule has 3 N–H and O–H groups in total. The van der Waals surface area contributed by atoms with Crippen molar-refractivity contribution in [1.82, 2.24) is 25.3 Å². The molecule has 102 valence electrons. The number of thioether (sulfide) groups is 1. The van der Waals surface area contributed by atoms with E-state index in [-0.39, 0.29) is 23.3 Å².